The van der Waals surface area contributed by atoms with Gasteiger partial charge in [0, 0.05) is 35.9 Å². The Balaban J connectivity index is 2.17. The molecule has 2 aromatic rings. The van der Waals surface area contributed by atoms with Gasteiger partial charge in [0.2, 0.25) is 0 Å². The molecule has 1 fully saturated rings. The second kappa shape index (κ2) is 9.73. The molecule has 3 rings (SSSR count). The van der Waals surface area contributed by atoms with Crippen LogP contribution in [0.3, 0.4) is 0 Å². The quantitative estimate of drug-likeness (QED) is 0.277. The Morgan fingerprint density at radius 1 is 1.13 bits per heavy atom. The number of rotatable bonds is 7. The van der Waals surface area contributed by atoms with Gasteiger partial charge in [-0.1, -0.05) is 29.3 Å². The number of ketones is 1. The van der Waals surface area contributed by atoms with E-state index in [1.165, 1.54) is 4.90 Å². The predicted octanol–water partition coefficient (Wildman–Crippen LogP) is 4.77. The van der Waals surface area contributed by atoms with Crippen LogP contribution < -0.4 is 4.74 Å². The van der Waals surface area contributed by atoms with Gasteiger partial charge in [0.05, 0.1) is 18.7 Å². The van der Waals surface area contributed by atoms with Gasteiger partial charge >= 0.3 is 0 Å². The van der Waals surface area contributed by atoms with E-state index >= 15 is 0 Å². The molecule has 1 atom stereocenters. The first-order valence-electron chi connectivity index (χ1n) is 9.67. The van der Waals surface area contributed by atoms with Gasteiger partial charge in [0.25, 0.3) is 11.7 Å². The van der Waals surface area contributed by atoms with Gasteiger partial charge in [0.1, 0.15) is 11.5 Å². The van der Waals surface area contributed by atoms with Crippen LogP contribution in [0.5, 0.6) is 5.75 Å². The van der Waals surface area contributed by atoms with E-state index in [2.05, 4.69) is 0 Å². The summed E-state index contributed by atoms with van der Waals surface area (Å²) in [7, 11) is 3.11. The minimum atomic E-state index is -0.843. The topological polar surface area (TPSA) is 76.1 Å². The summed E-state index contributed by atoms with van der Waals surface area (Å²) in [6.45, 7) is 2.51. The van der Waals surface area contributed by atoms with E-state index in [1.54, 1.807) is 50.6 Å². The first-order chi connectivity index (χ1) is 14.8. The minimum Gasteiger partial charge on any atom is -0.507 e. The highest BCUT2D eigenvalue weighted by molar-refractivity contribution is 6.47. The number of benzene rings is 2. The number of likely N-dealkylation sites (tertiary alicyclic amines) is 1. The molecule has 6 nitrogen and oxygen atoms in total. The van der Waals surface area contributed by atoms with Crippen molar-refractivity contribution in [3.05, 3.63) is 68.7 Å². The lowest BCUT2D eigenvalue weighted by molar-refractivity contribution is -0.140. The van der Waals surface area contributed by atoms with Crippen molar-refractivity contribution in [3.8, 4) is 5.75 Å². The number of aliphatic hydroxyl groups excluding tert-OH is 1. The van der Waals surface area contributed by atoms with Gasteiger partial charge in [-0.3, -0.25) is 9.59 Å². The molecule has 2 aromatic carbocycles. The molecule has 1 amide bonds. The number of hydrogen-bond donors (Lipinski definition) is 1. The molecule has 0 aliphatic carbocycles. The fourth-order valence-corrected chi connectivity index (χ4v) is 4.23. The molecule has 0 spiro atoms. The molecule has 1 saturated heterocycles. The number of carbonyl (C=O) groups is 2. The second-order valence-corrected chi connectivity index (χ2v) is 8.03. The van der Waals surface area contributed by atoms with Crippen LogP contribution in [0.2, 0.25) is 10.0 Å². The Bertz CT molecular complexity index is 1050. The average Bonchev–Trinajstić information content (AvgIpc) is 2.98. The number of carbonyl (C=O) groups excluding carboxylic acids is 2. The Labute approximate surface area is 191 Å². The summed E-state index contributed by atoms with van der Waals surface area (Å²) >= 11 is 12.5. The van der Waals surface area contributed by atoms with Gasteiger partial charge in [-0.05, 0) is 54.8 Å². The van der Waals surface area contributed by atoms with Crippen LogP contribution in [0.15, 0.2) is 42.0 Å². The highest BCUT2D eigenvalue weighted by Crippen LogP contribution is 2.42. The van der Waals surface area contributed by atoms with Crippen LogP contribution in [0.25, 0.3) is 5.76 Å². The zero-order valence-corrected chi connectivity index (χ0v) is 19.0. The van der Waals surface area contributed by atoms with E-state index in [0.717, 1.165) is 5.56 Å². The SMILES string of the molecule is COCCCN1C(=O)C(=O)/C(=C(/O)c2ccc(OC)c(C)c2)C1c1ccc(Cl)cc1Cl. The molecular weight excluding hydrogens is 441 g/mol. The Morgan fingerprint density at radius 2 is 1.87 bits per heavy atom. The Morgan fingerprint density at radius 3 is 2.48 bits per heavy atom. The number of aliphatic hydroxyl groups is 1. The van der Waals surface area contributed by atoms with E-state index in [1.807, 2.05) is 6.92 Å². The third kappa shape index (κ3) is 4.56. The maximum atomic E-state index is 13.0. The van der Waals surface area contributed by atoms with E-state index in [0.29, 0.717) is 39.9 Å². The fraction of sp³-hybridized carbons (Fsp3) is 0.304. The van der Waals surface area contributed by atoms with Crippen molar-refractivity contribution in [1.29, 1.82) is 0 Å². The molecular formula is C23H23Cl2NO5. The summed E-state index contributed by atoms with van der Waals surface area (Å²) in [5.74, 6) is -1.08. The van der Waals surface area contributed by atoms with Crippen molar-refractivity contribution in [2.75, 3.05) is 27.4 Å². The van der Waals surface area contributed by atoms with Crippen molar-refractivity contribution in [3.63, 3.8) is 0 Å². The van der Waals surface area contributed by atoms with E-state index in [9.17, 15) is 14.7 Å². The zero-order valence-electron chi connectivity index (χ0n) is 17.4. The van der Waals surface area contributed by atoms with Crippen LogP contribution in [0.1, 0.15) is 29.2 Å². The summed E-state index contributed by atoms with van der Waals surface area (Å²) in [6, 6.07) is 9.04. The fourth-order valence-electron chi connectivity index (χ4n) is 3.72. The highest BCUT2D eigenvalue weighted by Gasteiger charge is 2.46. The number of ether oxygens (including phenoxy) is 2. The smallest absolute Gasteiger partial charge is 0.295 e. The van der Waals surface area contributed by atoms with Crippen LogP contribution in [0, 0.1) is 6.92 Å². The van der Waals surface area contributed by atoms with Crippen molar-refractivity contribution in [2.45, 2.75) is 19.4 Å². The number of aryl methyl sites for hydroxylation is 1. The van der Waals surface area contributed by atoms with Gasteiger partial charge in [-0.25, -0.2) is 0 Å². The Hall–Kier alpha value is -2.54. The number of hydrogen-bond acceptors (Lipinski definition) is 5. The molecule has 0 saturated carbocycles. The first-order valence-corrected chi connectivity index (χ1v) is 10.4. The molecule has 0 radical (unpaired) electrons. The number of halogens is 2. The summed E-state index contributed by atoms with van der Waals surface area (Å²) in [4.78, 5) is 27.3. The van der Waals surface area contributed by atoms with Crippen LogP contribution in [0.4, 0.5) is 0 Å². The van der Waals surface area contributed by atoms with Gasteiger partial charge in [-0.15, -0.1) is 0 Å². The third-order valence-electron chi connectivity index (χ3n) is 5.21. The summed E-state index contributed by atoms with van der Waals surface area (Å²) < 4.78 is 10.3. The maximum Gasteiger partial charge on any atom is 0.295 e. The molecule has 1 N–H and O–H groups in total. The van der Waals surface area contributed by atoms with Crippen LogP contribution in [-0.2, 0) is 14.3 Å². The van der Waals surface area contributed by atoms with Crippen LogP contribution in [-0.4, -0.2) is 49.1 Å². The normalized spacial score (nSPS) is 18.0. The number of methoxy groups -OCH3 is 2. The molecule has 1 aliphatic heterocycles. The van der Waals surface area contributed by atoms with Crippen molar-refractivity contribution < 1.29 is 24.2 Å². The van der Waals surface area contributed by atoms with Crippen molar-refractivity contribution in [2.24, 2.45) is 0 Å². The third-order valence-corrected chi connectivity index (χ3v) is 5.78. The highest BCUT2D eigenvalue weighted by atomic mass is 35.5. The first kappa shape index (κ1) is 23.1. The molecule has 1 unspecified atom stereocenters. The minimum absolute atomic E-state index is 0.0174. The lowest BCUT2D eigenvalue weighted by Crippen LogP contribution is -2.31. The molecule has 1 heterocycles. The summed E-state index contributed by atoms with van der Waals surface area (Å²) in [6.07, 6.45) is 0.521. The van der Waals surface area contributed by atoms with Crippen molar-refractivity contribution >= 4 is 40.7 Å². The maximum absolute atomic E-state index is 13.0. The molecule has 31 heavy (non-hydrogen) atoms. The molecule has 8 heteroatoms. The van der Waals surface area contributed by atoms with Crippen molar-refractivity contribution in [1.82, 2.24) is 4.90 Å². The molecule has 0 aromatic heterocycles. The monoisotopic (exact) mass is 463 g/mol. The zero-order chi connectivity index (χ0) is 22.7. The van der Waals surface area contributed by atoms with E-state index < -0.39 is 17.7 Å². The summed E-state index contributed by atoms with van der Waals surface area (Å²) in [5.41, 5.74) is 1.68. The Kier molecular flexibility index (Phi) is 7.26. The number of Topliss-reactive ketones (excluding diaryl/α,β-unsaturated/α-hetero) is 1. The lowest BCUT2D eigenvalue weighted by atomic mass is 9.94. The van der Waals surface area contributed by atoms with Gasteiger partial charge < -0.3 is 19.5 Å². The largest absolute Gasteiger partial charge is 0.507 e. The van der Waals surface area contributed by atoms with Crippen LogP contribution >= 0.6 is 23.2 Å². The van der Waals surface area contributed by atoms with Gasteiger partial charge in [0.15, 0.2) is 0 Å². The standard InChI is InChI=1S/C23H23Cl2NO5/c1-13-11-14(5-8-18(13)31-3)21(27)19-20(16-7-6-15(24)12-17(16)25)26(9-4-10-30-2)23(29)22(19)28/h5-8,11-12,20,27H,4,9-10H2,1-3H3/b21-19+. The molecule has 0 bridgehead atoms. The lowest BCUT2D eigenvalue weighted by Gasteiger charge is -2.26. The van der Waals surface area contributed by atoms with E-state index in [-0.39, 0.29) is 17.9 Å². The van der Waals surface area contributed by atoms with Gasteiger partial charge in [-0.2, -0.15) is 0 Å². The number of amides is 1. The molecule has 164 valence electrons. The number of nitrogens with zero attached hydrogens (tertiary/aromatic N) is 1. The molecule has 1 aliphatic rings. The average molecular weight is 464 g/mol. The second-order valence-electron chi connectivity index (χ2n) is 7.19. The summed E-state index contributed by atoms with van der Waals surface area (Å²) in [5, 5.41) is 11.8. The predicted molar refractivity (Wildman–Crippen MR) is 120 cm³/mol. The van der Waals surface area contributed by atoms with E-state index in [4.69, 9.17) is 32.7 Å².